The number of rotatable bonds is 0. The molecule has 0 aliphatic carbocycles. The van der Waals surface area contributed by atoms with E-state index in [9.17, 15) is 9.41 Å². The fraction of sp³-hybridized carbons (Fsp3) is 0.200. The van der Waals surface area contributed by atoms with Gasteiger partial charge < -0.3 is 14.7 Å². The van der Waals surface area contributed by atoms with E-state index in [2.05, 4.69) is 6.07 Å². The van der Waals surface area contributed by atoms with Gasteiger partial charge in [0.1, 0.15) is 5.82 Å². The number of benzene rings is 2. The number of hydrogen-bond donors (Lipinski definition) is 2. The van der Waals surface area contributed by atoms with Gasteiger partial charge in [-0.05, 0) is 41.4 Å². The molecule has 2 aliphatic heterocycles. The van der Waals surface area contributed by atoms with E-state index >= 15 is 0 Å². The summed E-state index contributed by atoms with van der Waals surface area (Å²) >= 11 is 0. The van der Waals surface area contributed by atoms with Crippen molar-refractivity contribution in [2.75, 3.05) is 0 Å². The average molecular weight is 284 g/mol. The maximum absolute atomic E-state index is 12.6. The summed E-state index contributed by atoms with van der Waals surface area (Å²) in [6, 6.07) is 12.3. The second-order valence-corrected chi connectivity index (χ2v) is 5.26. The zero-order valence-corrected chi connectivity index (χ0v) is 11.5. The topological polar surface area (TPSA) is 49.7 Å². The Bertz CT molecular complexity index is 651. The molecule has 0 aromatic heterocycles. The molecular weight excluding hydrogens is 269 g/mol. The molecule has 0 atom stereocenters. The number of fused-ring (bicyclic) bond motifs is 2. The Morgan fingerprint density at radius 1 is 1.00 bits per heavy atom. The molecule has 106 valence electrons. The fourth-order valence-corrected chi connectivity index (χ4v) is 2.73. The predicted octanol–water partition coefficient (Wildman–Crippen LogP) is 0.477. The molecule has 0 saturated carbocycles. The Morgan fingerprint density at radius 3 is 2.62 bits per heavy atom. The molecular formula is C15H15B2FO3. The first-order chi connectivity index (χ1) is 10.1. The van der Waals surface area contributed by atoms with Gasteiger partial charge in [-0.3, -0.25) is 0 Å². The minimum atomic E-state index is -0.870. The monoisotopic (exact) mass is 284 g/mol. The summed E-state index contributed by atoms with van der Waals surface area (Å²) < 4.78 is 17.4. The summed E-state index contributed by atoms with van der Waals surface area (Å²) in [7, 11) is -0.870. The number of halogens is 1. The molecule has 2 aromatic carbocycles. The molecule has 0 unspecified atom stereocenters. The van der Waals surface area contributed by atoms with Gasteiger partial charge in [0.25, 0.3) is 0 Å². The van der Waals surface area contributed by atoms with Crippen LogP contribution in [0.4, 0.5) is 4.39 Å². The summed E-state index contributed by atoms with van der Waals surface area (Å²) in [4.78, 5) is 0. The van der Waals surface area contributed by atoms with Gasteiger partial charge in [-0.25, -0.2) is 4.39 Å². The molecule has 6 heteroatoms. The Morgan fingerprint density at radius 2 is 1.81 bits per heavy atom. The van der Waals surface area contributed by atoms with Gasteiger partial charge >= 0.3 is 14.0 Å². The third kappa shape index (κ3) is 3.02. The smallest absolute Gasteiger partial charge is 0.446 e. The van der Waals surface area contributed by atoms with Crippen LogP contribution in [0.3, 0.4) is 0 Å². The van der Waals surface area contributed by atoms with E-state index in [1.165, 1.54) is 17.7 Å². The van der Waals surface area contributed by atoms with Crippen LogP contribution >= 0.6 is 0 Å². The zero-order valence-electron chi connectivity index (χ0n) is 11.5. The van der Waals surface area contributed by atoms with E-state index in [-0.39, 0.29) is 12.7 Å². The molecule has 0 radical (unpaired) electrons. The van der Waals surface area contributed by atoms with E-state index in [1.54, 1.807) is 6.07 Å². The minimum Gasteiger partial charge on any atom is -0.446 e. The standard InChI is InChI=1S/C8H9BO.C7H6BFO2/c10-9-6-5-7-3-1-2-4-8(7)9;9-6-1-2-7-5(3-6)4-11-8(7)10/h1-4,10H,5-6H2;1-3,10H,4H2. The van der Waals surface area contributed by atoms with E-state index in [4.69, 9.17) is 9.68 Å². The van der Waals surface area contributed by atoms with Crippen LogP contribution in [0.15, 0.2) is 42.5 Å². The summed E-state index contributed by atoms with van der Waals surface area (Å²) in [6.07, 6.45) is 1.94. The SMILES string of the molecule is OB1CCc2ccccc21.OB1OCc2cc(F)ccc21. The van der Waals surface area contributed by atoms with Gasteiger partial charge in [-0.2, -0.15) is 0 Å². The summed E-state index contributed by atoms with van der Waals surface area (Å²) in [5, 5.41) is 18.5. The first kappa shape index (κ1) is 14.3. The van der Waals surface area contributed by atoms with Gasteiger partial charge in [0, 0.05) is 0 Å². The van der Waals surface area contributed by atoms with Crippen molar-refractivity contribution in [3.8, 4) is 0 Å². The van der Waals surface area contributed by atoms with Crippen LogP contribution in [0.1, 0.15) is 11.1 Å². The van der Waals surface area contributed by atoms with Crippen molar-refractivity contribution >= 4 is 25.0 Å². The molecule has 0 fully saturated rings. The molecule has 21 heavy (non-hydrogen) atoms. The van der Waals surface area contributed by atoms with Crippen LogP contribution in [0, 0.1) is 5.82 Å². The highest BCUT2D eigenvalue weighted by atomic mass is 19.1. The molecule has 0 saturated heterocycles. The lowest BCUT2D eigenvalue weighted by Gasteiger charge is -1.96. The largest absolute Gasteiger partial charge is 0.491 e. The van der Waals surface area contributed by atoms with Crippen LogP contribution in [0.2, 0.25) is 6.32 Å². The highest BCUT2D eigenvalue weighted by Crippen LogP contribution is 2.11. The third-order valence-corrected chi connectivity index (χ3v) is 3.87. The van der Waals surface area contributed by atoms with Crippen molar-refractivity contribution in [2.24, 2.45) is 0 Å². The van der Waals surface area contributed by atoms with Crippen molar-refractivity contribution < 1.29 is 19.1 Å². The second-order valence-electron chi connectivity index (χ2n) is 5.26. The quantitative estimate of drug-likeness (QED) is 0.692. The lowest BCUT2D eigenvalue weighted by Crippen LogP contribution is -2.27. The van der Waals surface area contributed by atoms with Gasteiger partial charge in [0.15, 0.2) is 0 Å². The molecule has 2 N–H and O–H groups in total. The van der Waals surface area contributed by atoms with E-state index in [0.717, 1.165) is 23.8 Å². The highest BCUT2D eigenvalue weighted by molar-refractivity contribution is 6.67. The average Bonchev–Trinajstić information content (AvgIpc) is 3.04. The normalized spacial score (nSPS) is 15.4. The van der Waals surface area contributed by atoms with Crippen molar-refractivity contribution in [1.29, 1.82) is 0 Å². The van der Waals surface area contributed by atoms with Crippen LogP contribution in [-0.2, 0) is 17.7 Å². The number of aryl methyl sites for hydroxylation is 1. The van der Waals surface area contributed by atoms with Crippen LogP contribution in [0.5, 0.6) is 0 Å². The lowest BCUT2D eigenvalue weighted by atomic mass is 9.63. The predicted molar refractivity (Wildman–Crippen MR) is 81.4 cm³/mol. The summed E-state index contributed by atoms with van der Waals surface area (Å²) in [6.45, 7) is 0.102. The van der Waals surface area contributed by atoms with Crippen LogP contribution in [0.25, 0.3) is 0 Å². The number of hydrogen-bond acceptors (Lipinski definition) is 3. The molecule has 3 nitrogen and oxygen atoms in total. The Labute approximate surface area is 123 Å². The Balaban J connectivity index is 0.000000126. The maximum Gasteiger partial charge on any atom is 0.491 e. The van der Waals surface area contributed by atoms with E-state index in [1.807, 2.05) is 18.2 Å². The van der Waals surface area contributed by atoms with Crippen molar-refractivity contribution in [3.05, 3.63) is 59.4 Å². The molecule has 0 bridgehead atoms. The lowest BCUT2D eigenvalue weighted by molar-refractivity contribution is 0.275. The van der Waals surface area contributed by atoms with Crippen molar-refractivity contribution in [2.45, 2.75) is 19.3 Å². The van der Waals surface area contributed by atoms with E-state index in [0.29, 0.717) is 12.1 Å². The van der Waals surface area contributed by atoms with Crippen LogP contribution < -0.4 is 10.9 Å². The van der Waals surface area contributed by atoms with Gasteiger partial charge in [-0.1, -0.05) is 35.9 Å². The first-order valence-electron chi connectivity index (χ1n) is 6.99. The maximum atomic E-state index is 12.6. The molecule has 0 amide bonds. The van der Waals surface area contributed by atoms with Crippen LogP contribution in [-0.4, -0.2) is 24.1 Å². The Kier molecular flexibility index (Phi) is 4.10. The molecule has 4 rings (SSSR count). The van der Waals surface area contributed by atoms with Crippen molar-refractivity contribution in [1.82, 2.24) is 0 Å². The third-order valence-electron chi connectivity index (χ3n) is 3.87. The minimum absolute atomic E-state index is 0.198. The molecule has 0 spiro atoms. The molecule has 2 aromatic rings. The van der Waals surface area contributed by atoms with Crippen molar-refractivity contribution in [3.63, 3.8) is 0 Å². The molecule has 2 heterocycles. The van der Waals surface area contributed by atoms with E-state index < -0.39 is 7.12 Å². The summed E-state index contributed by atoms with van der Waals surface area (Å²) in [5.41, 5.74) is 3.85. The fourth-order valence-electron chi connectivity index (χ4n) is 2.73. The summed E-state index contributed by atoms with van der Waals surface area (Å²) in [5.74, 6) is -0.290. The van der Waals surface area contributed by atoms with Gasteiger partial charge in [0.05, 0.1) is 6.61 Å². The Hall–Kier alpha value is -1.62. The van der Waals surface area contributed by atoms with Gasteiger partial charge in [0.2, 0.25) is 0 Å². The zero-order chi connectivity index (χ0) is 14.8. The highest BCUT2D eigenvalue weighted by Gasteiger charge is 2.26. The molecule has 2 aliphatic rings. The first-order valence-corrected chi connectivity index (χ1v) is 6.99. The second kappa shape index (κ2) is 6.02. The van der Waals surface area contributed by atoms with Gasteiger partial charge in [-0.15, -0.1) is 0 Å².